The van der Waals surface area contributed by atoms with Crippen LogP contribution in [0.2, 0.25) is 0 Å². The molecule has 0 spiro atoms. The van der Waals surface area contributed by atoms with Gasteiger partial charge in [-0.05, 0) is 32.3 Å². The molecule has 1 saturated heterocycles. The molecule has 180 valence electrons. The topological polar surface area (TPSA) is 102 Å². The predicted molar refractivity (Wildman–Crippen MR) is 118 cm³/mol. The second-order valence-corrected chi connectivity index (χ2v) is 8.15. The molecule has 0 aliphatic carbocycles. The van der Waals surface area contributed by atoms with E-state index in [2.05, 4.69) is 11.9 Å². The van der Waals surface area contributed by atoms with Gasteiger partial charge in [0.05, 0.1) is 13.2 Å². The van der Waals surface area contributed by atoms with E-state index in [0.29, 0.717) is 13.0 Å². The summed E-state index contributed by atoms with van der Waals surface area (Å²) >= 11 is 0. The fourth-order valence-corrected chi connectivity index (χ4v) is 3.45. The summed E-state index contributed by atoms with van der Waals surface area (Å²) in [6.45, 7) is 9.05. The van der Waals surface area contributed by atoms with Gasteiger partial charge in [-0.25, -0.2) is 4.79 Å². The molecule has 2 aliphatic rings. The molecule has 0 saturated carbocycles. The van der Waals surface area contributed by atoms with E-state index in [-0.39, 0.29) is 24.9 Å². The van der Waals surface area contributed by atoms with E-state index >= 15 is 0 Å². The summed E-state index contributed by atoms with van der Waals surface area (Å²) in [6, 6.07) is 9.26. The third kappa shape index (κ3) is 6.97. The average molecular weight is 462 g/mol. The van der Waals surface area contributed by atoms with E-state index in [0.717, 1.165) is 12.0 Å². The second kappa shape index (κ2) is 11.2. The number of ether oxygens (including phenoxy) is 6. The zero-order valence-electron chi connectivity index (χ0n) is 19.2. The molecule has 9 nitrogen and oxygen atoms in total. The highest BCUT2D eigenvalue weighted by atomic mass is 16.8. The molecule has 1 aromatic rings. The largest absolute Gasteiger partial charge is 0.464 e. The number of benzene rings is 1. The Morgan fingerprint density at radius 1 is 1.27 bits per heavy atom. The van der Waals surface area contributed by atoms with Gasteiger partial charge in [-0.3, -0.25) is 10.1 Å². The molecule has 0 unspecified atom stereocenters. The van der Waals surface area contributed by atoms with Crippen LogP contribution in [0.4, 0.5) is 4.79 Å². The van der Waals surface area contributed by atoms with Crippen molar-refractivity contribution in [2.45, 2.75) is 64.3 Å². The maximum Gasteiger partial charge on any atom is 0.412 e. The van der Waals surface area contributed by atoms with Crippen LogP contribution < -0.4 is 5.32 Å². The Hall–Kier alpha value is -3.04. The summed E-state index contributed by atoms with van der Waals surface area (Å²) in [5.74, 6) is -1.43. The fraction of sp³-hybridized carbons (Fsp3) is 0.500. The Bertz CT molecular complexity index is 866. The number of unbranched alkanes of at least 4 members (excludes halogenated alkanes) is 1. The fourth-order valence-electron chi connectivity index (χ4n) is 3.45. The van der Waals surface area contributed by atoms with Crippen molar-refractivity contribution in [3.8, 4) is 0 Å². The lowest BCUT2D eigenvalue weighted by Crippen LogP contribution is -2.59. The van der Waals surface area contributed by atoms with Crippen LogP contribution in [0.1, 0.15) is 39.2 Å². The quantitative estimate of drug-likeness (QED) is 0.339. The number of rotatable bonds is 9. The van der Waals surface area contributed by atoms with Crippen molar-refractivity contribution in [3.05, 3.63) is 60.2 Å². The Morgan fingerprint density at radius 2 is 2.03 bits per heavy atom. The molecule has 1 amide bonds. The molecule has 9 heteroatoms. The molecule has 0 bridgehead atoms. The van der Waals surface area contributed by atoms with Gasteiger partial charge in [0.25, 0.3) is 0 Å². The maximum absolute atomic E-state index is 12.6. The van der Waals surface area contributed by atoms with Crippen LogP contribution in [0.25, 0.3) is 0 Å². The molecular formula is C24H31NO8. The summed E-state index contributed by atoms with van der Waals surface area (Å²) in [5.41, 5.74) is 0.953. The van der Waals surface area contributed by atoms with E-state index in [4.69, 9.17) is 28.4 Å². The van der Waals surface area contributed by atoms with Crippen molar-refractivity contribution in [1.29, 1.82) is 0 Å². The van der Waals surface area contributed by atoms with Crippen LogP contribution in [0.15, 0.2) is 54.6 Å². The van der Waals surface area contributed by atoms with Gasteiger partial charge in [-0.15, -0.1) is 6.58 Å². The minimum Gasteiger partial charge on any atom is -0.464 e. The second-order valence-electron chi connectivity index (χ2n) is 8.15. The van der Waals surface area contributed by atoms with Gasteiger partial charge in [0.1, 0.15) is 18.4 Å². The number of esters is 1. The van der Waals surface area contributed by atoms with Crippen molar-refractivity contribution in [2.75, 3.05) is 13.2 Å². The minimum atomic E-state index is -0.983. The zero-order chi connectivity index (χ0) is 23.8. The summed E-state index contributed by atoms with van der Waals surface area (Å²) < 4.78 is 34.4. The lowest BCUT2D eigenvalue weighted by atomic mass is 10.0. The predicted octanol–water partition coefficient (Wildman–Crippen LogP) is 3.55. The average Bonchev–Trinajstić information content (AvgIpc) is 2.77. The first-order valence-electron chi connectivity index (χ1n) is 10.9. The van der Waals surface area contributed by atoms with E-state index < -0.39 is 36.2 Å². The Morgan fingerprint density at radius 3 is 2.73 bits per heavy atom. The number of carbonyl (C=O) groups excluding carboxylic acids is 2. The van der Waals surface area contributed by atoms with Crippen LogP contribution in [0, 0.1) is 0 Å². The maximum atomic E-state index is 12.6. The number of nitrogens with one attached hydrogen (secondary N) is 1. The highest BCUT2D eigenvalue weighted by Crippen LogP contribution is 2.35. The molecule has 2 heterocycles. The number of carbonyl (C=O) groups is 2. The van der Waals surface area contributed by atoms with Crippen molar-refractivity contribution in [1.82, 2.24) is 5.32 Å². The zero-order valence-corrected chi connectivity index (χ0v) is 19.2. The van der Waals surface area contributed by atoms with Crippen LogP contribution in [-0.4, -0.2) is 49.4 Å². The molecule has 33 heavy (non-hydrogen) atoms. The summed E-state index contributed by atoms with van der Waals surface area (Å²) in [6.07, 6.45) is 0.172. The number of fused-ring (bicyclic) bond motifs is 1. The molecule has 2 aliphatic heterocycles. The van der Waals surface area contributed by atoms with Crippen molar-refractivity contribution in [3.63, 3.8) is 0 Å². The molecule has 1 N–H and O–H groups in total. The lowest BCUT2D eigenvalue weighted by Gasteiger charge is -2.46. The number of alkyl carbamates (subject to hydrolysis) is 1. The summed E-state index contributed by atoms with van der Waals surface area (Å²) in [5, 5.41) is 2.65. The highest BCUT2D eigenvalue weighted by molar-refractivity contribution is 5.71. The first-order valence-corrected chi connectivity index (χ1v) is 10.9. The smallest absolute Gasteiger partial charge is 0.412 e. The van der Waals surface area contributed by atoms with Gasteiger partial charge >= 0.3 is 18.0 Å². The van der Waals surface area contributed by atoms with Crippen molar-refractivity contribution < 1.29 is 38.0 Å². The third-order valence-electron chi connectivity index (χ3n) is 4.97. The Balaban J connectivity index is 1.82. The Labute approximate surface area is 193 Å². The van der Waals surface area contributed by atoms with Crippen LogP contribution >= 0.6 is 0 Å². The Kier molecular flexibility index (Phi) is 8.35. The van der Waals surface area contributed by atoms with Crippen LogP contribution in [-0.2, 0) is 39.8 Å². The normalized spacial score (nSPS) is 23.5. The molecular weight excluding hydrogens is 430 g/mol. The summed E-state index contributed by atoms with van der Waals surface area (Å²) in [7, 11) is 0. The number of allylic oxidation sites excluding steroid dienone is 1. The minimum absolute atomic E-state index is 0.0372. The molecule has 1 aromatic carbocycles. The first-order chi connectivity index (χ1) is 15.8. The van der Waals surface area contributed by atoms with Crippen LogP contribution in [0.5, 0.6) is 0 Å². The van der Waals surface area contributed by atoms with E-state index in [1.54, 1.807) is 19.9 Å². The monoisotopic (exact) mass is 461 g/mol. The van der Waals surface area contributed by atoms with Gasteiger partial charge in [-0.1, -0.05) is 36.4 Å². The van der Waals surface area contributed by atoms with Gasteiger partial charge in [-0.2, -0.15) is 0 Å². The molecule has 3 atom stereocenters. The van der Waals surface area contributed by atoms with Crippen molar-refractivity contribution >= 4 is 12.1 Å². The standard InChI is InChI=1S/C24H31NO8/c1-5-6-10-13-28-22-19(25-23(27)29-14-17-11-8-7-9-12-17)21(31-16(2)26)20-18(32-22)15-30-24(3,4)33-20/h5,7-9,11-12,18,20-21H,1,6,10,13-15H2,2-4H3,(H,25,27)/t18-,20-,21-/m1/s1. The molecule has 1 fully saturated rings. The highest BCUT2D eigenvalue weighted by Gasteiger charge is 2.50. The van der Waals surface area contributed by atoms with E-state index in [1.807, 2.05) is 30.3 Å². The molecule has 0 aromatic heterocycles. The number of hydrogen-bond acceptors (Lipinski definition) is 8. The van der Waals surface area contributed by atoms with Gasteiger partial charge in [0, 0.05) is 6.92 Å². The molecule has 3 rings (SSSR count). The SMILES string of the molecule is C=CCCCOC1=C(NC(=O)OCc2ccccc2)[C@@H](OC(C)=O)[C@@H]2OC(C)(C)OC[C@H]2O1. The summed E-state index contributed by atoms with van der Waals surface area (Å²) in [4.78, 5) is 24.6. The van der Waals surface area contributed by atoms with Crippen LogP contribution in [0.3, 0.4) is 0 Å². The number of amides is 1. The first kappa shape index (κ1) is 24.6. The van der Waals surface area contributed by atoms with Crippen molar-refractivity contribution in [2.24, 2.45) is 0 Å². The lowest BCUT2D eigenvalue weighted by molar-refractivity contribution is -0.328. The van der Waals surface area contributed by atoms with E-state index in [9.17, 15) is 9.59 Å². The van der Waals surface area contributed by atoms with Gasteiger partial charge in [0.2, 0.25) is 0 Å². The third-order valence-corrected chi connectivity index (χ3v) is 4.97. The van der Waals surface area contributed by atoms with Gasteiger partial charge < -0.3 is 28.4 Å². The van der Waals surface area contributed by atoms with E-state index in [1.165, 1.54) is 6.92 Å². The number of hydrogen-bond donors (Lipinski definition) is 1. The van der Waals surface area contributed by atoms with Gasteiger partial charge in [0.15, 0.2) is 18.0 Å². The molecule has 0 radical (unpaired) electrons.